The minimum atomic E-state index is -0.206. The number of hydrogen-bond donors (Lipinski definition) is 2. The Bertz CT molecular complexity index is 373. The molecule has 1 aliphatic rings. The minimum Gasteiger partial charge on any atom is -0.298 e. The van der Waals surface area contributed by atoms with Crippen LogP contribution >= 0.6 is 11.3 Å². The van der Waals surface area contributed by atoms with E-state index in [1.165, 1.54) is 35.5 Å². The first-order valence-electron chi connectivity index (χ1n) is 5.50. The predicted octanol–water partition coefficient (Wildman–Crippen LogP) is 1.34. The Kier molecular flexibility index (Phi) is 3.58. The number of carbonyl (C=O) groups is 1. The molecule has 2 rings (SSSR count). The second kappa shape index (κ2) is 4.95. The SMILES string of the molecule is CN(Cc1ccc(C(=O)NN)s1)C1CCC1. The summed E-state index contributed by atoms with van der Waals surface area (Å²) in [5.74, 6) is 4.88. The molecular formula is C11H17N3OS. The third-order valence-electron chi connectivity index (χ3n) is 3.12. The van der Waals surface area contributed by atoms with E-state index in [4.69, 9.17) is 5.84 Å². The van der Waals surface area contributed by atoms with Gasteiger partial charge in [0.2, 0.25) is 0 Å². The molecule has 0 aromatic carbocycles. The molecule has 16 heavy (non-hydrogen) atoms. The molecule has 1 aliphatic carbocycles. The average molecular weight is 239 g/mol. The van der Waals surface area contributed by atoms with Crippen LogP contribution in [0.2, 0.25) is 0 Å². The lowest BCUT2D eigenvalue weighted by atomic mass is 9.92. The van der Waals surface area contributed by atoms with Gasteiger partial charge in [0, 0.05) is 17.5 Å². The lowest BCUT2D eigenvalue weighted by molar-refractivity contribution is 0.0957. The summed E-state index contributed by atoms with van der Waals surface area (Å²) in [5.41, 5.74) is 2.15. The number of nitrogens with zero attached hydrogens (tertiary/aromatic N) is 1. The molecule has 1 aromatic heterocycles. The van der Waals surface area contributed by atoms with E-state index >= 15 is 0 Å². The molecular weight excluding hydrogens is 222 g/mol. The number of rotatable bonds is 4. The molecule has 0 spiro atoms. The van der Waals surface area contributed by atoms with Gasteiger partial charge in [-0.3, -0.25) is 15.1 Å². The minimum absolute atomic E-state index is 0.206. The maximum atomic E-state index is 11.3. The normalized spacial score (nSPS) is 16.2. The third kappa shape index (κ3) is 2.42. The van der Waals surface area contributed by atoms with Crippen molar-refractivity contribution in [3.05, 3.63) is 21.9 Å². The molecule has 1 aromatic rings. The van der Waals surface area contributed by atoms with Crippen LogP contribution in [0.4, 0.5) is 0 Å². The second-order valence-corrected chi connectivity index (χ2v) is 5.41. The topological polar surface area (TPSA) is 58.4 Å². The molecule has 0 aliphatic heterocycles. The van der Waals surface area contributed by atoms with Gasteiger partial charge in [0.1, 0.15) is 0 Å². The Morgan fingerprint density at radius 1 is 1.62 bits per heavy atom. The van der Waals surface area contributed by atoms with Crippen LogP contribution in [-0.2, 0) is 6.54 Å². The molecule has 1 fully saturated rings. The van der Waals surface area contributed by atoms with E-state index in [0.717, 1.165) is 12.6 Å². The highest BCUT2D eigenvalue weighted by atomic mass is 32.1. The van der Waals surface area contributed by atoms with Gasteiger partial charge in [0.15, 0.2) is 0 Å². The molecule has 1 amide bonds. The fourth-order valence-electron chi connectivity index (χ4n) is 1.86. The van der Waals surface area contributed by atoms with Gasteiger partial charge in [-0.2, -0.15) is 0 Å². The van der Waals surface area contributed by atoms with E-state index in [0.29, 0.717) is 4.88 Å². The zero-order chi connectivity index (χ0) is 11.5. The van der Waals surface area contributed by atoms with Crippen molar-refractivity contribution in [1.82, 2.24) is 10.3 Å². The predicted molar refractivity (Wildman–Crippen MR) is 65.1 cm³/mol. The van der Waals surface area contributed by atoms with Crippen molar-refractivity contribution in [2.45, 2.75) is 31.8 Å². The zero-order valence-corrected chi connectivity index (χ0v) is 10.2. The van der Waals surface area contributed by atoms with Gasteiger partial charge in [-0.05, 0) is 32.0 Å². The Morgan fingerprint density at radius 3 is 2.94 bits per heavy atom. The number of amides is 1. The number of thiophene rings is 1. The first kappa shape index (κ1) is 11.6. The molecule has 0 unspecified atom stereocenters. The van der Waals surface area contributed by atoms with Gasteiger partial charge in [-0.15, -0.1) is 11.3 Å². The molecule has 3 N–H and O–H groups in total. The number of hydrogen-bond acceptors (Lipinski definition) is 4. The molecule has 88 valence electrons. The number of carbonyl (C=O) groups excluding carboxylic acids is 1. The lowest BCUT2D eigenvalue weighted by Crippen LogP contribution is -2.36. The van der Waals surface area contributed by atoms with Crippen molar-refractivity contribution in [3.8, 4) is 0 Å². The molecule has 0 radical (unpaired) electrons. The average Bonchev–Trinajstić information content (AvgIpc) is 2.62. The van der Waals surface area contributed by atoms with E-state index < -0.39 is 0 Å². The van der Waals surface area contributed by atoms with Crippen molar-refractivity contribution in [2.75, 3.05) is 7.05 Å². The van der Waals surface area contributed by atoms with E-state index in [9.17, 15) is 4.79 Å². The highest BCUT2D eigenvalue weighted by Crippen LogP contribution is 2.26. The molecule has 5 heteroatoms. The van der Waals surface area contributed by atoms with Crippen molar-refractivity contribution < 1.29 is 4.79 Å². The van der Waals surface area contributed by atoms with Gasteiger partial charge in [0.25, 0.3) is 5.91 Å². The van der Waals surface area contributed by atoms with Gasteiger partial charge in [0.05, 0.1) is 4.88 Å². The third-order valence-corrected chi connectivity index (χ3v) is 4.19. The monoisotopic (exact) mass is 239 g/mol. The molecule has 1 heterocycles. The standard InChI is InChI=1S/C11H17N3OS/c1-14(8-3-2-4-8)7-9-5-6-10(16-9)11(15)13-12/h5-6,8H,2-4,7,12H2,1H3,(H,13,15). The summed E-state index contributed by atoms with van der Waals surface area (Å²) in [7, 11) is 2.15. The number of nitrogens with two attached hydrogens (primary N) is 1. The summed E-state index contributed by atoms with van der Waals surface area (Å²) in [6.45, 7) is 0.924. The van der Waals surface area contributed by atoms with Crippen LogP contribution in [0.3, 0.4) is 0 Å². The quantitative estimate of drug-likeness (QED) is 0.473. The summed E-state index contributed by atoms with van der Waals surface area (Å²) < 4.78 is 0. The van der Waals surface area contributed by atoms with Gasteiger partial charge in [-0.25, -0.2) is 5.84 Å². The second-order valence-electron chi connectivity index (χ2n) is 4.24. The van der Waals surface area contributed by atoms with E-state index in [1.54, 1.807) is 0 Å². The van der Waals surface area contributed by atoms with Gasteiger partial charge >= 0.3 is 0 Å². The molecule has 0 saturated heterocycles. The Labute approximate surface area is 99.4 Å². The molecule has 0 bridgehead atoms. The van der Waals surface area contributed by atoms with Crippen molar-refractivity contribution in [1.29, 1.82) is 0 Å². The van der Waals surface area contributed by atoms with E-state index in [2.05, 4.69) is 17.4 Å². The van der Waals surface area contributed by atoms with E-state index in [1.807, 2.05) is 12.1 Å². The summed E-state index contributed by atoms with van der Waals surface area (Å²) in [6.07, 6.45) is 3.95. The van der Waals surface area contributed by atoms with Gasteiger partial charge in [-0.1, -0.05) is 6.42 Å². The van der Waals surface area contributed by atoms with Crippen molar-refractivity contribution in [3.63, 3.8) is 0 Å². The zero-order valence-electron chi connectivity index (χ0n) is 9.40. The molecule has 4 nitrogen and oxygen atoms in total. The molecule has 0 atom stereocenters. The van der Waals surface area contributed by atoms with Crippen LogP contribution in [0, 0.1) is 0 Å². The van der Waals surface area contributed by atoms with Crippen molar-refractivity contribution >= 4 is 17.2 Å². The summed E-state index contributed by atoms with van der Waals surface area (Å²) in [4.78, 5) is 15.5. The maximum Gasteiger partial charge on any atom is 0.275 e. The Balaban J connectivity index is 1.93. The highest BCUT2D eigenvalue weighted by Gasteiger charge is 2.22. The molecule has 1 saturated carbocycles. The van der Waals surface area contributed by atoms with Crippen LogP contribution in [-0.4, -0.2) is 23.9 Å². The summed E-state index contributed by atoms with van der Waals surface area (Å²) >= 11 is 1.51. The first-order chi connectivity index (χ1) is 7.70. The number of nitrogens with one attached hydrogen (secondary N) is 1. The number of nitrogen functional groups attached to an aromatic ring is 1. The van der Waals surface area contributed by atoms with Crippen LogP contribution < -0.4 is 11.3 Å². The fourth-order valence-corrected chi connectivity index (χ4v) is 2.83. The summed E-state index contributed by atoms with van der Waals surface area (Å²) in [6, 6.07) is 4.56. The maximum absolute atomic E-state index is 11.3. The Morgan fingerprint density at radius 2 is 2.38 bits per heavy atom. The Hall–Kier alpha value is -0.910. The van der Waals surface area contributed by atoms with Crippen LogP contribution in [0.15, 0.2) is 12.1 Å². The van der Waals surface area contributed by atoms with Crippen molar-refractivity contribution in [2.24, 2.45) is 5.84 Å². The van der Waals surface area contributed by atoms with Crippen LogP contribution in [0.1, 0.15) is 33.8 Å². The smallest absolute Gasteiger partial charge is 0.275 e. The first-order valence-corrected chi connectivity index (χ1v) is 6.32. The fraction of sp³-hybridized carbons (Fsp3) is 0.545. The highest BCUT2D eigenvalue weighted by molar-refractivity contribution is 7.14. The van der Waals surface area contributed by atoms with E-state index in [-0.39, 0.29) is 5.91 Å². The lowest BCUT2D eigenvalue weighted by Gasteiger charge is -2.34. The van der Waals surface area contributed by atoms with Crippen LogP contribution in [0.25, 0.3) is 0 Å². The van der Waals surface area contributed by atoms with Crippen LogP contribution in [0.5, 0.6) is 0 Å². The largest absolute Gasteiger partial charge is 0.298 e. The van der Waals surface area contributed by atoms with Gasteiger partial charge < -0.3 is 0 Å². The summed E-state index contributed by atoms with van der Waals surface area (Å²) in [5, 5.41) is 0. The number of hydrazine groups is 1.